The number of carbonyl (C=O) groups is 1. The molecule has 1 saturated heterocycles. The molecular formula is C29H30FN5O4S. The molecule has 1 aromatic heterocycles. The Morgan fingerprint density at radius 3 is 2.02 bits per heavy atom. The van der Waals surface area contributed by atoms with Crippen LogP contribution in [0.2, 0.25) is 0 Å². The molecule has 0 bridgehead atoms. The Hall–Kier alpha value is -4.38. The van der Waals surface area contributed by atoms with Crippen molar-refractivity contribution in [2.45, 2.75) is 11.8 Å². The SMILES string of the molecule is Cc1c(N(CC(=O)N2CCN(c3ccc(F)cc3)CC2)S(=O)(=O)c2ccccc2)c(=O)n(-c2ccccc2)n1C. The summed E-state index contributed by atoms with van der Waals surface area (Å²) >= 11 is 0. The van der Waals surface area contributed by atoms with Crippen LogP contribution in [0.1, 0.15) is 5.69 Å². The van der Waals surface area contributed by atoms with E-state index >= 15 is 0 Å². The fourth-order valence-corrected chi connectivity index (χ4v) is 6.42. The van der Waals surface area contributed by atoms with E-state index in [0.717, 1.165) is 9.99 Å². The van der Waals surface area contributed by atoms with Crippen molar-refractivity contribution in [1.82, 2.24) is 14.3 Å². The highest BCUT2D eigenvalue weighted by Gasteiger charge is 2.35. The zero-order valence-electron chi connectivity index (χ0n) is 22.3. The number of aromatic nitrogens is 2. The third-order valence-corrected chi connectivity index (χ3v) is 8.97. The standard InChI is InChI=1S/C29H30FN5O4S/c1-22-28(29(37)35(31(22)2)25-9-5-3-6-10-25)34(40(38,39)26-11-7-4-8-12-26)21-27(36)33-19-17-32(18-20-33)24-15-13-23(30)14-16-24/h3-16H,17-21H2,1-2H3. The average molecular weight is 564 g/mol. The molecule has 0 atom stereocenters. The second-order valence-electron chi connectivity index (χ2n) is 9.58. The molecule has 11 heteroatoms. The zero-order chi connectivity index (χ0) is 28.4. The number of piperazine rings is 1. The number of carbonyl (C=O) groups excluding carboxylic acids is 1. The highest BCUT2D eigenvalue weighted by Crippen LogP contribution is 2.26. The monoisotopic (exact) mass is 563 g/mol. The van der Waals surface area contributed by atoms with Crippen LogP contribution in [0.15, 0.2) is 94.6 Å². The lowest BCUT2D eigenvalue weighted by Crippen LogP contribution is -2.52. The quantitative estimate of drug-likeness (QED) is 0.345. The number of rotatable bonds is 7. The number of amides is 1. The molecule has 0 unspecified atom stereocenters. The lowest BCUT2D eigenvalue weighted by atomic mass is 10.2. The minimum atomic E-state index is -4.26. The van der Waals surface area contributed by atoms with Gasteiger partial charge in [-0.3, -0.25) is 14.3 Å². The van der Waals surface area contributed by atoms with E-state index in [0.29, 0.717) is 37.6 Å². The number of para-hydroxylation sites is 1. The van der Waals surface area contributed by atoms with Gasteiger partial charge in [0.05, 0.1) is 16.3 Å². The van der Waals surface area contributed by atoms with Crippen molar-refractivity contribution in [1.29, 1.82) is 0 Å². The molecule has 1 aliphatic heterocycles. The first-order valence-corrected chi connectivity index (χ1v) is 14.3. The summed E-state index contributed by atoms with van der Waals surface area (Å²) in [5, 5.41) is 0. The number of hydrogen-bond donors (Lipinski definition) is 0. The van der Waals surface area contributed by atoms with Gasteiger partial charge in [-0.2, -0.15) is 0 Å². The van der Waals surface area contributed by atoms with Crippen LogP contribution in [0, 0.1) is 12.7 Å². The minimum Gasteiger partial charge on any atom is -0.368 e. The van der Waals surface area contributed by atoms with Crippen LogP contribution < -0.4 is 14.8 Å². The molecule has 0 N–H and O–H groups in total. The molecule has 1 amide bonds. The number of hydrogen-bond acceptors (Lipinski definition) is 5. The Morgan fingerprint density at radius 2 is 1.43 bits per heavy atom. The smallest absolute Gasteiger partial charge is 0.296 e. The summed E-state index contributed by atoms with van der Waals surface area (Å²) < 4.78 is 45.1. The van der Waals surface area contributed by atoms with Gasteiger partial charge in [-0.15, -0.1) is 0 Å². The van der Waals surface area contributed by atoms with Gasteiger partial charge < -0.3 is 9.80 Å². The molecule has 1 aliphatic rings. The Bertz CT molecular complexity index is 1660. The second-order valence-corrected chi connectivity index (χ2v) is 11.4. The summed E-state index contributed by atoms with van der Waals surface area (Å²) in [6, 6.07) is 22.9. The highest BCUT2D eigenvalue weighted by atomic mass is 32.2. The Labute approximate surface area is 232 Å². The maximum Gasteiger partial charge on any atom is 0.296 e. The van der Waals surface area contributed by atoms with Crippen LogP contribution in [-0.4, -0.2) is 61.3 Å². The Balaban J connectivity index is 1.47. The Morgan fingerprint density at radius 1 is 0.850 bits per heavy atom. The lowest BCUT2D eigenvalue weighted by molar-refractivity contribution is -0.129. The number of nitrogens with zero attached hydrogens (tertiary/aromatic N) is 5. The number of anilines is 2. The predicted octanol–water partition coefficient (Wildman–Crippen LogP) is 3.17. The van der Waals surface area contributed by atoms with E-state index in [2.05, 4.69) is 0 Å². The fraction of sp³-hybridized carbons (Fsp3) is 0.241. The van der Waals surface area contributed by atoms with Gasteiger partial charge in [0.1, 0.15) is 18.0 Å². The topological polar surface area (TPSA) is 87.9 Å². The molecule has 0 radical (unpaired) electrons. The van der Waals surface area contributed by atoms with Crippen molar-refractivity contribution in [3.63, 3.8) is 0 Å². The largest absolute Gasteiger partial charge is 0.368 e. The van der Waals surface area contributed by atoms with Crippen LogP contribution in [-0.2, 0) is 21.9 Å². The zero-order valence-corrected chi connectivity index (χ0v) is 23.1. The van der Waals surface area contributed by atoms with Crippen molar-refractivity contribution in [3.8, 4) is 5.69 Å². The number of sulfonamides is 1. The van der Waals surface area contributed by atoms with Gasteiger partial charge in [-0.1, -0.05) is 36.4 Å². The lowest BCUT2D eigenvalue weighted by Gasteiger charge is -2.37. The minimum absolute atomic E-state index is 0.0159. The molecule has 1 fully saturated rings. The van der Waals surface area contributed by atoms with E-state index in [1.165, 1.54) is 28.9 Å². The first-order chi connectivity index (χ1) is 19.2. The highest BCUT2D eigenvalue weighted by molar-refractivity contribution is 7.92. The van der Waals surface area contributed by atoms with E-state index < -0.39 is 28.0 Å². The molecule has 2 heterocycles. The van der Waals surface area contributed by atoms with Gasteiger partial charge in [0.25, 0.3) is 15.6 Å². The van der Waals surface area contributed by atoms with Gasteiger partial charge in [-0.25, -0.2) is 21.8 Å². The summed E-state index contributed by atoms with van der Waals surface area (Å²) in [6.45, 7) is 2.87. The molecule has 3 aromatic carbocycles. The third-order valence-electron chi connectivity index (χ3n) is 7.21. The first-order valence-electron chi connectivity index (χ1n) is 12.9. The number of halogens is 1. The summed E-state index contributed by atoms with van der Waals surface area (Å²) in [5.41, 5.74) is 1.21. The molecule has 0 aliphatic carbocycles. The van der Waals surface area contributed by atoms with Crippen molar-refractivity contribution >= 4 is 27.3 Å². The van der Waals surface area contributed by atoms with Crippen LogP contribution in [0.5, 0.6) is 0 Å². The normalized spacial score (nSPS) is 13.9. The van der Waals surface area contributed by atoms with Gasteiger partial charge in [-0.05, 0) is 55.5 Å². The summed E-state index contributed by atoms with van der Waals surface area (Å²) in [4.78, 5) is 31.0. The number of benzene rings is 3. The van der Waals surface area contributed by atoms with E-state index in [9.17, 15) is 22.4 Å². The second kappa shape index (κ2) is 11.0. The third kappa shape index (κ3) is 5.12. The average Bonchev–Trinajstić information content (AvgIpc) is 3.20. The van der Waals surface area contributed by atoms with Crippen LogP contribution in [0.25, 0.3) is 5.69 Å². The van der Waals surface area contributed by atoms with Crippen molar-refractivity contribution < 1.29 is 17.6 Å². The van der Waals surface area contributed by atoms with E-state index in [4.69, 9.17) is 0 Å². The molecule has 40 heavy (non-hydrogen) atoms. The summed E-state index contributed by atoms with van der Waals surface area (Å²) in [5.74, 6) is -0.730. The molecular weight excluding hydrogens is 533 g/mol. The van der Waals surface area contributed by atoms with Crippen molar-refractivity contribution in [3.05, 3.63) is 107 Å². The van der Waals surface area contributed by atoms with E-state index in [1.807, 2.05) is 11.0 Å². The Kier molecular flexibility index (Phi) is 7.49. The van der Waals surface area contributed by atoms with Crippen LogP contribution in [0.4, 0.5) is 15.8 Å². The summed E-state index contributed by atoms with van der Waals surface area (Å²) in [6.07, 6.45) is 0. The molecule has 208 valence electrons. The van der Waals surface area contributed by atoms with E-state index in [1.54, 1.807) is 78.2 Å². The van der Waals surface area contributed by atoms with Crippen molar-refractivity contribution in [2.24, 2.45) is 7.05 Å². The van der Waals surface area contributed by atoms with E-state index in [-0.39, 0.29) is 16.4 Å². The van der Waals surface area contributed by atoms with Crippen LogP contribution >= 0.6 is 0 Å². The van der Waals surface area contributed by atoms with Crippen molar-refractivity contribution in [2.75, 3.05) is 41.9 Å². The fourth-order valence-electron chi connectivity index (χ4n) is 4.93. The molecule has 0 spiro atoms. The molecule has 9 nitrogen and oxygen atoms in total. The van der Waals surface area contributed by atoms with Gasteiger partial charge >= 0.3 is 0 Å². The van der Waals surface area contributed by atoms with Gasteiger partial charge in [0, 0.05) is 38.9 Å². The maximum atomic E-state index is 13.9. The predicted molar refractivity (Wildman–Crippen MR) is 152 cm³/mol. The van der Waals surface area contributed by atoms with Crippen LogP contribution in [0.3, 0.4) is 0 Å². The van der Waals surface area contributed by atoms with Gasteiger partial charge in [0.2, 0.25) is 5.91 Å². The summed E-state index contributed by atoms with van der Waals surface area (Å²) in [7, 11) is -2.59. The molecule has 0 saturated carbocycles. The molecule has 4 aromatic rings. The maximum absolute atomic E-state index is 13.9. The molecule has 5 rings (SSSR count). The van der Waals surface area contributed by atoms with Gasteiger partial charge in [0.15, 0.2) is 0 Å². The first kappa shape index (κ1) is 27.2.